The van der Waals surface area contributed by atoms with Gasteiger partial charge in [-0.25, -0.2) is 4.98 Å². The standard InChI is InChI=1S/C12H18N2O3/c1-9-6-13-7-10(17-9)8-16-12-11(15-2)4-3-5-14-12/h3-5,9-10,13H,6-8H2,1-2H3. The maximum atomic E-state index is 5.73. The molecule has 0 bridgehead atoms. The minimum Gasteiger partial charge on any atom is -0.491 e. The molecule has 1 saturated heterocycles. The Morgan fingerprint density at radius 2 is 2.41 bits per heavy atom. The van der Waals surface area contributed by atoms with Crippen molar-refractivity contribution in [1.29, 1.82) is 0 Å². The smallest absolute Gasteiger partial charge is 0.257 e. The highest BCUT2D eigenvalue weighted by Gasteiger charge is 2.19. The number of hydrogen-bond donors (Lipinski definition) is 1. The van der Waals surface area contributed by atoms with Gasteiger partial charge in [0, 0.05) is 19.3 Å². The van der Waals surface area contributed by atoms with Crippen LogP contribution in [-0.2, 0) is 4.74 Å². The molecule has 0 spiro atoms. The summed E-state index contributed by atoms with van der Waals surface area (Å²) in [6.45, 7) is 4.22. The van der Waals surface area contributed by atoms with Gasteiger partial charge in [0.1, 0.15) is 12.7 Å². The Morgan fingerprint density at radius 3 is 3.18 bits per heavy atom. The SMILES string of the molecule is COc1cccnc1OCC1CNCC(C)O1. The first-order valence-electron chi connectivity index (χ1n) is 5.77. The zero-order valence-corrected chi connectivity index (χ0v) is 10.2. The van der Waals surface area contributed by atoms with Crippen LogP contribution >= 0.6 is 0 Å². The molecule has 0 aromatic carbocycles. The number of hydrogen-bond acceptors (Lipinski definition) is 5. The second-order valence-electron chi connectivity index (χ2n) is 4.05. The summed E-state index contributed by atoms with van der Waals surface area (Å²) in [4.78, 5) is 4.13. The van der Waals surface area contributed by atoms with Crippen LogP contribution < -0.4 is 14.8 Å². The molecule has 1 aromatic rings. The fraction of sp³-hybridized carbons (Fsp3) is 0.583. The van der Waals surface area contributed by atoms with Crippen molar-refractivity contribution in [3.63, 3.8) is 0 Å². The van der Waals surface area contributed by atoms with Gasteiger partial charge in [-0.1, -0.05) is 0 Å². The summed E-state index contributed by atoms with van der Waals surface area (Å²) in [7, 11) is 1.60. The molecule has 5 nitrogen and oxygen atoms in total. The number of ether oxygens (including phenoxy) is 3. The maximum absolute atomic E-state index is 5.73. The summed E-state index contributed by atoms with van der Waals surface area (Å²) in [5.41, 5.74) is 0. The van der Waals surface area contributed by atoms with E-state index in [1.165, 1.54) is 0 Å². The average molecular weight is 238 g/mol. The topological polar surface area (TPSA) is 52.6 Å². The van der Waals surface area contributed by atoms with E-state index in [0.29, 0.717) is 18.2 Å². The van der Waals surface area contributed by atoms with Gasteiger partial charge in [0.2, 0.25) is 0 Å². The second-order valence-corrected chi connectivity index (χ2v) is 4.05. The van der Waals surface area contributed by atoms with Crippen molar-refractivity contribution in [2.75, 3.05) is 26.8 Å². The summed E-state index contributed by atoms with van der Waals surface area (Å²) in [5.74, 6) is 1.15. The molecule has 2 atom stereocenters. The minimum atomic E-state index is 0.0606. The summed E-state index contributed by atoms with van der Waals surface area (Å²) in [5, 5.41) is 3.29. The van der Waals surface area contributed by atoms with Crippen molar-refractivity contribution in [2.24, 2.45) is 0 Å². The van der Waals surface area contributed by atoms with Crippen molar-refractivity contribution in [2.45, 2.75) is 19.1 Å². The van der Waals surface area contributed by atoms with Crippen molar-refractivity contribution >= 4 is 0 Å². The van der Waals surface area contributed by atoms with Crippen LogP contribution in [-0.4, -0.2) is 44.0 Å². The zero-order chi connectivity index (χ0) is 12.1. The molecule has 0 radical (unpaired) electrons. The molecule has 94 valence electrons. The third-order valence-electron chi connectivity index (χ3n) is 2.59. The fourth-order valence-electron chi connectivity index (χ4n) is 1.78. The van der Waals surface area contributed by atoms with Crippen LogP contribution in [0.3, 0.4) is 0 Å². The lowest BCUT2D eigenvalue weighted by Crippen LogP contribution is -2.45. The molecule has 2 unspecified atom stereocenters. The normalized spacial score (nSPS) is 24.4. The monoisotopic (exact) mass is 238 g/mol. The van der Waals surface area contributed by atoms with E-state index in [9.17, 15) is 0 Å². The number of pyridine rings is 1. The first-order valence-corrected chi connectivity index (χ1v) is 5.77. The van der Waals surface area contributed by atoms with Gasteiger partial charge in [-0.3, -0.25) is 0 Å². The molecule has 2 rings (SSSR count). The van der Waals surface area contributed by atoms with Crippen LogP contribution in [0.2, 0.25) is 0 Å². The highest BCUT2D eigenvalue weighted by Crippen LogP contribution is 2.22. The molecule has 1 aliphatic heterocycles. The summed E-state index contributed by atoms with van der Waals surface area (Å²) >= 11 is 0. The summed E-state index contributed by atoms with van der Waals surface area (Å²) < 4.78 is 16.5. The molecule has 1 fully saturated rings. The van der Waals surface area contributed by atoms with Crippen LogP contribution in [0.5, 0.6) is 11.6 Å². The Bertz CT molecular complexity index is 359. The number of rotatable bonds is 4. The van der Waals surface area contributed by atoms with Crippen LogP contribution in [0.25, 0.3) is 0 Å². The fourth-order valence-corrected chi connectivity index (χ4v) is 1.78. The number of nitrogens with zero attached hydrogens (tertiary/aromatic N) is 1. The Balaban J connectivity index is 1.88. The molecule has 1 aromatic heterocycles. The lowest BCUT2D eigenvalue weighted by atomic mass is 10.2. The van der Waals surface area contributed by atoms with E-state index in [1.54, 1.807) is 13.3 Å². The predicted octanol–water partition coefficient (Wildman–Crippen LogP) is 0.846. The van der Waals surface area contributed by atoms with Crippen LogP contribution in [0.15, 0.2) is 18.3 Å². The van der Waals surface area contributed by atoms with Gasteiger partial charge >= 0.3 is 0 Å². The van der Waals surface area contributed by atoms with Crippen LogP contribution in [0.4, 0.5) is 0 Å². The number of methoxy groups -OCH3 is 1. The first-order chi connectivity index (χ1) is 8.29. The van der Waals surface area contributed by atoms with Gasteiger partial charge in [-0.05, 0) is 19.1 Å². The largest absolute Gasteiger partial charge is 0.491 e. The summed E-state index contributed by atoms with van der Waals surface area (Å²) in [6.07, 6.45) is 1.97. The van der Waals surface area contributed by atoms with Gasteiger partial charge in [0.25, 0.3) is 5.88 Å². The minimum absolute atomic E-state index is 0.0606. The molecule has 0 amide bonds. The van der Waals surface area contributed by atoms with Crippen molar-refractivity contribution in [1.82, 2.24) is 10.3 Å². The highest BCUT2D eigenvalue weighted by molar-refractivity contribution is 5.32. The second kappa shape index (κ2) is 5.84. The molecule has 5 heteroatoms. The highest BCUT2D eigenvalue weighted by atomic mass is 16.6. The number of morpholine rings is 1. The van der Waals surface area contributed by atoms with E-state index < -0.39 is 0 Å². The molecular formula is C12H18N2O3. The van der Waals surface area contributed by atoms with E-state index in [-0.39, 0.29) is 12.2 Å². The van der Waals surface area contributed by atoms with Gasteiger partial charge in [-0.2, -0.15) is 0 Å². The molecule has 0 saturated carbocycles. The van der Waals surface area contributed by atoms with Crippen LogP contribution in [0, 0.1) is 0 Å². The Morgan fingerprint density at radius 1 is 1.53 bits per heavy atom. The molecular weight excluding hydrogens is 220 g/mol. The Hall–Kier alpha value is -1.33. The molecule has 2 heterocycles. The quantitative estimate of drug-likeness (QED) is 0.842. The maximum Gasteiger partial charge on any atom is 0.257 e. The van der Waals surface area contributed by atoms with E-state index in [0.717, 1.165) is 13.1 Å². The lowest BCUT2D eigenvalue weighted by molar-refractivity contribution is -0.0479. The molecule has 1 aliphatic rings. The predicted molar refractivity (Wildman–Crippen MR) is 63.5 cm³/mol. The van der Waals surface area contributed by atoms with Gasteiger partial charge in [0.15, 0.2) is 5.75 Å². The summed E-state index contributed by atoms with van der Waals surface area (Å²) in [6, 6.07) is 3.64. The van der Waals surface area contributed by atoms with E-state index >= 15 is 0 Å². The van der Waals surface area contributed by atoms with E-state index in [2.05, 4.69) is 10.3 Å². The third kappa shape index (κ3) is 3.31. The van der Waals surface area contributed by atoms with Crippen LogP contribution in [0.1, 0.15) is 6.92 Å². The lowest BCUT2D eigenvalue weighted by Gasteiger charge is -2.28. The van der Waals surface area contributed by atoms with Gasteiger partial charge in [-0.15, -0.1) is 0 Å². The molecule has 17 heavy (non-hydrogen) atoms. The van der Waals surface area contributed by atoms with Crippen molar-refractivity contribution < 1.29 is 14.2 Å². The molecule has 1 N–H and O–H groups in total. The van der Waals surface area contributed by atoms with Gasteiger partial charge in [0.05, 0.1) is 13.2 Å². The number of nitrogens with one attached hydrogen (secondary N) is 1. The molecule has 0 aliphatic carbocycles. The van der Waals surface area contributed by atoms with E-state index in [4.69, 9.17) is 14.2 Å². The Kier molecular flexibility index (Phi) is 4.17. The van der Waals surface area contributed by atoms with Crippen molar-refractivity contribution in [3.05, 3.63) is 18.3 Å². The average Bonchev–Trinajstić information content (AvgIpc) is 2.37. The first kappa shape index (κ1) is 12.1. The van der Waals surface area contributed by atoms with Gasteiger partial charge < -0.3 is 19.5 Å². The third-order valence-corrected chi connectivity index (χ3v) is 2.59. The van der Waals surface area contributed by atoms with E-state index in [1.807, 2.05) is 19.1 Å². The zero-order valence-electron chi connectivity index (χ0n) is 10.2. The number of aromatic nitrogens is 1. The van der Waals surface area contributed by atoms with Crippen molar-refractivity contribution in [3.8, 4) is 11.6 Å². The Labute approximate surface area is 101 Å².